The zero-order valence-corrected chi connectivity index (χ0v) is 11.5. The zero-order chi connectivity index (χ0) is 11.6. The maximum atomic E-state index is 12.2. The average molecular weight is 231 g/mol. The first-order chi connectivity index (χ1) is 6.88. The number of rotatable bonds is 4. The summed E-state index contributed by atoms with van der Waals surface area (Å²) in [6.07, 6.45) is 2.30. The van der Waals surface area contributed by atoms with Gasteiger partial charge in [-0.25, -0.2) is 0 Å². The van der Waals surface area contributed by atoms with E-state index >= 15 is 0 Å². The first-order valence-corrected chi connectivity index (χ1v) is 7.31. The summed E-state index contributed by atoms with van der Waals surface area (Å²) in [5, 5.41) is 3.72. The number of nitrogens with one attached hydrogen (secondary N) is 1. The molecule has 3 heteroatoms. The van der Waals surface area contributed by atoms with E-state index in [1.807, 2.05) is 7.05 Å². The van der Waals surface area contributed by atoms with Crippen LogP contribution in [0.5, 0.6) is 0 Å². The monoisotopic (exact) mass is 231 g/mol. The molecule has 3 atom stereocenters. The van der Waals surface area contributed by atoms with Crippen molar-refractivity contribution in [1.29, 1.82) is 0 Å². The Kier molecular flexibility index (Phi) is 4.36. The summed E-state index contributed by atoms with van der Waals surface area (Å²) in [5.41, 5.74) is 0.298. The van der Waals surface area contributed by atoms with Gasteiger partial charge in [0.1, 0.15) is 0 Å². The van der Waals surface area contributed by atoms with Crippen LogP contribution in [0.2, 0.25) is 0 Å². The summed E-state index contributed by atoms with van der Waals surface area (Å²) in [6, 6.07) is 0.414. The highest BCUT2D eigenvalue weighted by molar-refractivity contribution is 7.85. The molecule has 0 aliphatic heterocycles. The third kappa shape index (κ3) is 3.04. The summed E-state index contributed by atoms with van der Waals surface area (Å²) in [6.45, 7) is 8.85. The highest BCUT2D eigenvalue weighted by Crippen LogP contribution is 2.39. The van der Waals surface area contributed by atoms with Gasteiger partial charge in [0.2, 0.25) is 0 Å². The smallest absolute Gasteiger partial charge is 0.0506 e. The van der Waals surface area contributed by atoms with E-state index in [1.54, 1.807) is 0 Å². The molecule has 0 aromatic heterocycles. The average Bonchev–Trinajstić information content (AvgIpc) is 2.39. The quantitative estimate of drug-likeness (QED) is 0.803. The molecule has 0 spiro atoms. The molecule has 0 radical (unpaired) electrons. The van der Waals surface area contributed by atoms with Gasteiger partial charge in [0.05, 0.1) is 5.25 Å². The van der Waals surface area contributed by atoms with Crippen LogP contribution in [0.15, 0.2) is 0 Å². The molecule has 90 valence electrons. The van der Waals surface area contributed by atoms with E-state index in [9.17, 15) is 4.21 Å². The molecule has 0 bridgehead atoms. The molecule has 1 aliphatic rings. The van der Waals surface area contributed by atoms with Crippen molar-refractivity contribution >= 4 is 10.8 Å². The lowest BCUT2D eigenvalue weighted by Crippen LogP contribution is -2.44. The third-order valence-corrected chi connectivity index (χ3v) is 5.61. The molecule has 3 unspecified atom stereocenters. The Bertz CT molecular complexity index is 238. The Morgan fingerprint density at radius 3 is 2.53 bits per heavy atom. The molecule has 1 fully saturated rings. The van der Waals surface area contributed by atoms with Crippen molar-refractivity contribution in [3.8, 4) is 0 Å². The minimum absolute atomic E-state index is 0.298. The second-order valence-electron chi connectivity index (χ2n) is 5.77. The highest BCUT2D eigenvalue weighted by Gasteiger charge is 2.43. The molecular weight excluding hydrogens is 206 g/mol. The van der Waals surface area contributed by atoms with Crippen LogP contribution in [-0.4, -0.2) is 28.3 Å². The molecule has 2 nitrogen and oxygen atoms in total. The molecule has 1 aliphatic carbocycles. The van der Waals surface area contributed by atoms with Crippen molar-refractivity contribution < 1.29 is 4.21 Å². The van der Waals surface area contributed by atoms with Crippen molar-refractivity contribution in [2.75, 3.05) is 12.8 Å². The van der Waals surface area contributed by atoms with Crippen molar-refractivity contribution in [2.45, 2.75) is 51.8 Å². The SMILES string of the molecule is CNC1C(S(=O)CC(C)C)CCC1(C)C. The fraction of sp³-hybridized carbons (Fsp3) is 1.00. The Morgan fingerprint density at radius 2 is 2.07 bits per heavy atom. The lowest BCUT2D eigenvalue weighted by Gasteiger charge is -2.30. The second kappa shape index (κ2) is 4.96. The Morgan fingerprint density at radius 1 is 1.47 bits per heavy atom. The van der Waals surface area contributed by atoms with Crippen molar-refractivity contribution in [3.05, 3.63) is 0 Å². The van der Waals surface area contributed by atoms with Crippen LogP contribution in [0.4, 0.5) is 0 Å². The summed E-state index contributed by atoms with van der Waals surface area (Å²) >= 11 is 0. The Balaban J connectivity index is 2.67. The van der Waals surface area contributed by atoms with Crippen LogP contribution >= 0.6 is 0 Å². The van der Waals surface area contributed by atoms with Gasteiger partial charge in [-0.3, -0.25) is 4.21 Å². The predicted octanol–water partition coefficient (Wildman–Crippen LogP) is 2.17. The number of hydrogen-bond donors (Lipinski definition) is 1. The third-order valence-electron chi connectivity index (χ3n) is 3.43. The first kappa shape index (κ1) is 13.2. The fourth-order valence-corrected chi connectivity index (χ4v) is 4.74. The van der Waals surface area contributed by atoms with Crippen LogP contribution in [0, 0.1) is 11.3 Å². The molecule has 1 saturated carbocycles. The first-order valence-electron chi connectivity index (χ1n) is 5.93. The van der Waals surface area contributed by atoms with Gasteiger partial charge in [-0.15, -0.1) is 0 Å². The summed E-state index contributed by atoms with van der Waals surface area (Å²) in [7, 11) is 1.33. The van der Waals surface area contributed by atoms with Crippen molar-refractivity contribution in [3.63, 3.8) is 0 Å². The van der Waals surface area contributed by atoms with Crippen LogP contribution in [0.25, 0.3) is 0 Å². The van der Waals surface area contributed by atoms with Gasteiger partial charge >= 0.3 is 0 Å². The van der Waals surface area contributed by atoms with E-state index in [2.05, 4.69) is 33.0 Å². The molecule has 1 rings (SSSR count). The predicted molar refractivity (Wildman–Crippen MR) is 67.5 cm³/mol. The molecule has 0 aromatic rings. The fourth-order valence-electron chi connectivity index (χ4n) is 2.65. The van der Waals surface area contributed by atoms with Gasteiger partial charge in [-0.05, 0) is 31.2 Å². The maximum Gasteiger partial charge on any atom is 0.0506 e. The van der Waals surface area contributed by atoms with E-state index in [0.29, 0.717) is 22.6 Å². The maximum absolute atomic E-state index is 12.2. The van der Waals surface area contributed by atoms with Gasteiger partial charge < -0.3 is 5.32 Å². The van der Waals surface area contributed by atoms with Crippen LogP contribution in [0.3, 0.4) is 0 Å². The lowest BCUT2D eigenvalue weighted by atomic mass is 9.87. The largest absolute Gasteiger partial charge is 0.315 e. The lowest BCUT2D eigenvalue weighted by molar-refractivity contribution is 0.299. The Hall–Kier alpha value is 0.110. The molecular formula is C12H25NOS. The van der Waals surface area contributed by atoms with E-state index in [-0.39, 0.29) is 0 Å². The van der Waals surface area contributed by atoms with Gasteiger partial charge in [-0.2, -0.15) is 0 Å². The van der Waals surface area contributed by atoms with E-state index < -0.39 is 10.8 Å². The van der Waals surface area contributed by atoms with Crippen molar-refractivity contribution in [1.82, 2.24) is 5.32 Å². The minimum atomic E-state index is -0.665. The van der Waals surface area contributed by atoms with Gasteiger partial charge in [-0.1, -0.05) is 27.7 Å². The van der Waals surface area contributed by atoms with Crippen LogP contribution in [0.1, 0.15) is 40.5 Å². The Labute approximate surface area is 96.7 Å². The van der Waals surface area contributed by atoms with E-state index in [1.165, 1.54) is 6.42 Å². The molecule has 0 heterocycles. The standard InChI is InChI=1S/C12H25NOS/c1-9(2)8-15(14)10-6-7-12(3,4)11(10)13-5/h9-11,13H,6-8H2,1-5H3. The molecule has 0 amide bonds. The van der Waals surface area contributed by atoms with E-state index in [0.717, 1.165) is 12.2 Å². The normalized spacial score (nSPS) is 32.1. The summed E-state index contributed by atoms with van der Waals surface area (Å²) in [4.78, 5) is 0. The zero-order valence-electron chi connectivity index (χ0n) is 10.7. The van der Waals surface area contributed by atoms with Gasteiger partial charge in [0.25, 0.3) is 0 Å². The van der Waals surface area contributed by atoms with E-state index in [4.69, 9.17) is 0 Å². The highest BCUT2D eigenvalue weighted by atomic mass is 32.2. The van der Waals surface area contributed by atoms with Gasteiger partial charge in [0.15, 0.2) is 0 Å². The number of hydrogen-bond acceptors (Lipinski definition) is 2. The summed E-state index contributed by atoms with van der Waals surface area (Å²) < 4.78 is 12.2. The molecule has 0 saturated heterocycles. The van der Waals surface area contributed by atoms with Crippen LogP contribution < -0.4 is 5.32 Å². The second-order valence-corrected chi connectivity index (χ2v) is 7.47. The summed E-state index contributed by atoms with van der Waals surface area (Å²) in [5.74, 6) is 1.38. The molecule has 0 aromatic carbocycles. The van der Waals surface area contributed by atoms with Crippen molar-refractivity contribution in [2.24, 2.45) is 11.3 Å². The minimum Gasteiger partial charge on any atom is -0.315 e. The van der Waals surface area contributed by atoms with Gasteiger partial charge in [0, 0.05) is 22.6 Å². The molecule has 15 heavy (non-hydrogen) atoms. The van der Waals surface area contributed by atoms with Crippen LogP contribution in [-0.2, 0) is 10.8 Å². The topological polar surface area (TPSA) is 29.1 Å². The molecule has 1 N–H and O–H groups in total.